The second kappa shape index (κ2) is 7.69. The zero-order valence-electron chi connectivity index (χ0n) is 15.4. The number of carbonyl (C=O) groups excluding carboxylic acids is 2. The third-order valence-corrected chi connectivity index (χ3v) is 5.96. The van der Waals surface area contributed by atoms with Crippen LogP contribution in [0.5, 0.6) is 5.75 Å². The van der Waals surface area contributed by atoms with Crippen LogP contribution in [0.4, 0.5) is 4.39 Å². The maximum atomic E-state index is 14.0. The molecular weight excluding hydrogens is 418 g/mol. The fraction of sp³-hybridized carbons (Fsp3) is 0.238. The molecule has 2 aromatic rings. The largest absolute Gasteiger partial charge is 0.497 e. The second-order valence-electron chi connectivity index (χ2n) is 6.97. The SMILES string of the molecule is COc1ccc(CN2C(=O)C3NC(=O)C=C(Cl)C3C2c2cc(F)ccc2Cl)cc1. The molecule has 1 N–H and O–H groups in total. The van der Waals surface area contributed by atoms with E-state index in [9.17, 15) is 14.0 Å². The average molecular weight is 435 g/mol. The van der Waals surface area contributed by atoms with Crippen molar-refractivity contribution in [3.05, 3.63) is 75.5 Å². The summed E-state index contributed by atoms with van der Waals surface area (Å²) in [5, 5.41) is 3.25. The van der Waals surface area contributed by atoms with E-state index in [4.69, 9.17) is 27.9 Å². The lowest BCUT2D eigenvalue weighted by atomic mass is 9.88. The Hall–Kier alpha value is -2.57. The van der Waals surface area contributed by atoms with Crippen LogP contribution in [0, 0.1) is 11.7 Å². The maximum absolute atomic E-state index is 14.0. The van der Waals surface area contributed by atoms with Crippen molar-refractivity contribution in [3.63, 3.8) is 0 Å². The first-order valence-corrected chi connectivity index (χ1v) is 9.70. The zero-order chi connectivity index (χ0) is 20.7. The van der Waals surface area contributed by atoms with Gasteiger partial charge in [0.05, 0.1) is 13.2 Å². The minimum Gasteiger partial charge on any atom is -0.497 e. The number of hydrogen-bond acceptors (Lipinski definition) is 3. The van der Waals surface area contributed by atoms with E-state index in [0.29, 0.717) is 16.3 Å². The minimum absolute atomic E-state index is 0.243. The van der Waals surface area contributed by atoms with Crippen molar-refractivity contribution < 1.29 is 18.7 Å². The van der Waals surface area contributed by atoms with Gasteiger partial charge in [0.1, 0.15) is 17.6 Å². The molecule has 0 radical (unpaired) electrons. The fourth-order valence-electron chi connectivity index (χ4n) is 3.93. The quantitative estimate of drug-likeness (QED) is 0.795. The number of hydrogen-bond donors (Lipinski definition) is 1. The van der Waals surface area contributed by atoms with Crippen molar-refractivity contribution >= 4 is 35.0 Å². The maximum Gasteiger partial charge on any atom is 0.246 e. The Morgan fingerprint density at radius 1 is 1.14 bits per heavy atom. The summed E-state index contributed by atoms with van der Waals surface area (Å²) in [7, 11) is 1.57. The molecule has 2 aliphatic rings. The summed E-state index contributed by atoms with van der Waals surface area (Å²) < 4.78 is 19.2. The highest BCUT2D eigenvalue weighted by molar-refractivity contribution is 6.33. The number of ether oxygens (including phenoxy) is 1. The van der Waals surface area contributed by atoms with Gasteiger partial charge in [-0.05, 0) is 41.5 Å². The van der Waals surface area contributed by atoms with Crippen LogP contribution in [-0.4, -0.2) is 29.9 Å². The van der Waals surface area contributed by atoms with Crippen molar-refractivity contribution in [1.82, 2.24) is 10.2 Å². The number of amides is 2. The van der Waals surface area contributed by atoms with E-state index < -0.39 is 29.7 Å². The van der Waals surface area contributed by atoms with Gasteiger partial charge in [0.25, 0.3) is 0 Å². The number of benzene rings is 2. The van der Waals surface area contributed by atoms with E-state index in [2.05, 4.69) is 5.32 Å². The monoisotopic (exact) mass is 434 g/mol. The summed E-state index contributed by atoms with van der Waals surface area (Å²) in [6, 6.07) is 9.84. The molecule has 4 rings (SSSR count). The normalized spacial score (nSPS) is 23.5. The second-order valence-corrected chi connectivity index (χ2v) is 7.81. The van der Waals surface area contributed by atoms with Crippen LogP contribution in [0.1, 0.15) is 17.2 Å². The third kappa shape index (κ3) is 3.58. The van der Waals surface area contributed by atoms with Crippen LogP contribution in [0.2, 0.25) is 5.02 Å². The molecule has 2 aromatic carbocycles. The van der Waals surface area contributed by atoms with E-state index in [0.717, 1.165) is 5.56 Å². The van der Waals surface area contributed by atoms with E-state index >= 15 is 0 Å². The Balaban J connectivity index is 1.78. The summed E-state index contributed by atoms with van der Waals surface area (Å²) in [6.45, 7) is 0.243. The number of nitrogens with one attached hydrogen (secondary N) is 1. The van der Waals surface area contributed by atoms with Crippen LogP contribution < -0.4 is 10.1 Å². The Morgan fingerprint density at radius 2 is 1.86 bits per heavy atom. The molecular formula is C21H17Cl2FN2O3. The van der Waals surface area contributed by atoms with Crippen molar-refractivity contribution in [2.24, 2.45) is 5.92 Å². The van der Waals surface area contributed by atoms with Gasteiger partial charge < -0.3 is 15.0 Å². The molecule has 8 heteroatoms. The van der Waals surface area contributed by atoms with Crippen LogP contribution in [0.15, 0.2) is 53.6 Å². The van der Waals surface area contributed by atoms with Gasteiger partial charge in [0, 0.05) is 28.6 Å². The van der Waals surface area contributed by atoms with Gasteiger partial charge >= 0.3 is 0 Å². The van der Waals surface area contributed by atoms with Gasteiger partial charge in [-0.1, -0.05) is 35.3 Å². The molecule has 3 unspecified atom stereocenters. The Bertz CT molecular complexity index is 1010. The summed E-state index contributed by atoms with van der Waals surface area (Å²) in [5.74, 6) is -1.06. The van der Waals surface area contributed by atoms with Crippen LogP contribution >= 0.6 is 23.2 Å². The first kappa shape index (κ1) is 19.7. The highest BCUT2D eigenvalue weighted by atomic mass is 35.5. The van der Waals surface area contributed by atoms with Gasteiger partial charge in [-0.25, -0.2) is 4.39 Å². The summed E-state index contributed by atoms with van der Waals surface area (Å²) in [6.07, 6.45) is 1.26. The van der Waals surface area contributed by atoms with Gasteiger partial charge in [-0.3, -0.25) is 9.59 Å². The van der Waals surface area contributed by atoms with E-state index in [1.54, 1.807) is 24.1 Å². The summed E-state index contributed by atoms with van der Waals surface area (Å²) in [5.41, 5.74) is 1.30. The fourth-order valence-corrected chi connectivity index (χ4v) is 4.50. The molecule has 150 valence electrons. The van der Waals surface area contributed by atoms with E-state index in [1.807, 2.05) is 12.1 Å². The number of fused-ring (bicyclic) bond motifs is 1. The lowest BCUT2D eigenvalue weighted by molar-refractivity contribution is -0.133. The standard InChI is InChI=1S/C21H17Cl2FN2O3/c1-29-13-5-2-11(3-6-13)10-26-20(14-8-12(24)4-7-15(14)22)18-16(23)9-17(27)25-19(18)21(26)28/h2-9,18-20H,10H2,1H3,(H,25,27). The Kier molecular flexibility index (Phi) is 5.23. The highest BCUT2D eigenvalue weighted by Crippen LogP contribution is 2.47. The van der Waals surface area contributed by atoms with Crippen LogP contribution in [0.25, 0.3) is 0 Å². The lowest BCUT2D eigenvalue weighted by Gasteiger charge is -2.30. The molecule has 1 saturated heterocycles. The number of methoxy groups -OCH3 is 1. The Labute approximate surface area is 177 Å². The number of rotatable bonds is 4. The molecule has 0 aromatic heterocycles. The molecule has 1 fully saturated rings. The molecule has 29 heavy (non-hydrogen) atoms. The number of carbonyl (C=O) groups is 2. The van der Waals surface area contributed by atoms with E-state index in [1.165, 1.54) is 24.3 Å². The molecule has 2 amide bonds. The average Bonchev–Trinajstić information content (AvgIpc) is 2.96. The van der Waals surface area contributed by atoms with Gasteiger partial charge in [-0.2, -0.15) is 0 Å². The van der Waals surface area contributed by atoms with Crippen LogP contribution in [-0.2, 0) is 16.1 Å². The first-order chi connectivity index (χ1) is 13.9. The van der Waals surface area contributed by atoms with Crippen molar-refractivity contribution in [2.45, 2.75) is 18.6 Å². The topological polar surface area (TPSA) is 58.6 Å². The van der Waals surface area contributed by atoms with Gasteiger partial charge in [0.15, 0.2) is 0 Å². The summed E-state index contributed by atoms with van der Waals surface area (Å²) >= 11 is 12.8. The predicted octanol–water partition coefficient (Wildman–Crippen LogP) is 3.81. The molecule has 3 atom stereocenters. The molecule has 0 spiro atoms. The molecule has 2 aliphatic heterocycles. The predicted molar refractivity (Wildman–Crippen MR) is 107 cm³/mol. The molecule has 5 nitrogen and oxygen atoms in total. The number of halogens is 3. The third-order valence-electron chi connectivity index (χ3n) is 5.26. The first-order valence-electron chi connectivity index (χ1n) is 8.95. The van der Waals surface area contributed by atoms with Crippen molar-refractivity contribution in [2.75, 3.05) is 7.11 Å². The minimum atomic E-state index is -0.831. The van der Waals surface area contributed by atoms with Gasteiger partial charge in [0.2, 0.25) is 11.8 Å². The number of likely N-dealkylation sites (tertiary alicyclic amines) is 1. The highest BCUT2D eigenvalue weighted by Gasteiger charge is 2.52. The molecule has 0 saturated carbocycles. The zero-order valence-corrected chi connectivity index (χ0v) is 16.9. The van der Waals surface area contributed by atoms with E-state index in [-0.39, 0.29) is 17.5 Å². The molecule has 0 bridgehead atoms. The van der Waals surface area contributed by atoms with Crippen LogP contribution in [0.3, 0.4) is 0 Å². The smallest absolute Gasteiger partial charge is 0.246 e. The van der Waals surface area contributed by atoms with Crippen molar-refractivity contribution in [3.8, 4) is 5.75 Å². The molecule has 0 aliphatic carbocycles. The Morgan fingerprint density at radius 3 is 2.55 bits per heavy atom. The van der Waals surface area contributed by atoms with Crippen molar-refractivity contribution in [1.29, 1.82) is 0 Å². The number of nitrogens with zero attached hydrogens (tertiary/aromatic N) is 1. The van der Waals surface area contributed by atoms with Gasteiger partial charge in [-0.15, -0.1) is 0 Å². The lowest BCUT2D eigenvalue weighted by Crippen LogP contribution is -2.46. The summed E-state index contributed by atoms with van der Waals surface area (Å²) in [4.78, 5) is 26.7. The molecule has 2 heterocycles.